The molecule has 0 bridgehead atoms. The molecule has 0 aliphatic rings. The van der Waals surface area contributed by atoms with Crippen molar-refractivity contribution in [2.75, 3.05) is 40.9 Å². The highest BCUT2D eigenvalue weighted by atomic mass is 31.2. The first-order valence-corrected chi connectivity index (χ1v) is 32.6. The number of quaternary nitrogens is 1. The van der Waals surface area contributed by atoms with E-state index >= 15 is 0 Å². The fraction of sp³-hybridized carbons (Fsp3) is 0.727. The van der Waals surface area contributed by atoms with Gasteiger partial charge in [0, 0.05) is 12.8 Å². The number of hydrogen-bond acceptors (Lipinski definition) is 6. The number of phosphoric acid groups is 1. The van der Waals surface area contributed by atoms with Gasteiger partial charge in [-0.3, -0.25) is 18.6 Å². The van der Waals surface area contributed by atoms with E-state index in [-0.39, 0.29) is 37.9 Å². The summed E-state index contributed by atoms with van der Waals surface area (Å²) in [6.45, 7) is 6.82. The Bertz CT molecular complexity index is 1620. The van der Waals surface area contributed by atoms with Gasteiger partial charge in [-0.1, -0.05) is 247 Å². The highest BCUT2D eigenvalue weighted by Crippen LogP contribution is 2.43. The monoisotopic (exact) mass is 1080 g/mol. The zero-order valence-corrected chi connectivity index (χ0v) is 50.9. The number of allylic oxidation sites excluding steroid dienone is 15. The molecule has 2 N–H and O–H groups in total. The van der Waals surface area contributed by atoms with Crippen LogP contribution < -0.4 is 5.32 Å². The molecule has 0 fully saturated rings. The minimum Gasteiger partial charge on any atom is -0.456 e. The molecule has 9 nitrogen and oxygen atoms in total. The Labute approximate surface area is 468 Å². The third kappa shape index (κ3) is 55.7. The molecule has 0 aromatic heterocycles. The summed E-state index contributed by atoms with van der Waals surface area (Å²) in [4.78, 5) is 37.7. The van der Waals surface area contributed by atoms with E-state index in [1.165, 1.54) is 141 Å². The molecule has 0 aliphatic heterocycles. The predicted octanol–water partition coefficient (Wildman–Crippen LogP) is 19.2. The number of nitrogens with one attached hydrogen (secondary N) is 1. The van der Waals surface area contributed by atoms with E-state index in [1.54, 1.807) is 0 Å². The number of ether oxygens (including phenoxy) is 1. The van der Waals surface area contributed by atoms with Crippen LogP contribution in [0.1, 0.15) is 258 Å². The van der Waals surface area contributed by atoms with Gasteiger partial charge in [-0.15, -0.1) is 0 Å². The number of amides is 1. The first-order chi connectivity index (χ1) is 36.9. The van der Waals surface area contributed by atoms with Crippen molar-refractivity contribution in [3.63, 3.8) is 0 Å². The van der Waals surface area contributed by atoms with Crippen LogP contribution in [0.25, 0.3) is 0 Å². The van der Waals surface area contributed by atoms with Crippen LogP contribution in [0.2, 0.25) is 0 Å². The van der Waals surface area contributed by atoms with Crippen LogP contribution in [-0.2, 0) is 27.9 Å². The number of nitrogens with zero attached hydrogens (tertiary/aromatic N) is 1. The molecule has 3 unspecified atom stereocenters. The lowest BCUT2D eigenvalue weighted by atomic mass is 10.0. The summed E-state index contributed by atoms with van der Waals surface area (Å²) in [5.41, 5.74) is 0. The quantitative estimate of drug-likeness (QED) is 0.0205. The molecule has 0 aromatic rings. The summed E-state index contributed by atoms with van der Waals surface area (Å²) in [6, 6.07) is -0.893. The van der Waals surface area contributed by atoms with E-state index in [4.69, 9.17) is 13.8 Å². The Morgan fingerprint density at radius 2 is 0.855 bits per heavy atom. The van der Waals surface area contributed by atoms with Crippen molar-refractivity contribution in [3.8, 4) is 0 Å². The van der Waals surface area contributed by atoms with Crippen LogP contribution >= 0.6 is 7.82 Å². The van der Waals surface area contributed by atoms with Gasteiger partial charge in [0.2, 0.25) is 5.91 Å². The standard InChI is InChI=1S/C66H117N2O7P/c1-7-10-13-16-19-22-25-28-30-32-33-34-35-36-38-41-44-47-50-53-56-59-66(70)75-64(57-54-51-48-45-42-39-27-24-21-18-15-12-9-3)63(62-74-76(71,72)73-61-60-68(4,5)6)67-65(69)58-55-52-49-46-43-40-37-31-29-26-23-20-17-14-11-8-2/h11,14,19-20,22-23,28-31,40,43,49,52,54,57,63-64H,7-10,12-13,15-18,21,24-27,32-39,41-42,44-48,50-51,53,55-56,58-62H2,1-6H3,(H-,67,69,71,72)/p+1/b14-11+,22-19-,23-20+,30-28-,31-29+,43-40+,52-49+,57-54+. The van der Waals surface area contributed by atoms with Gasteiger partial charge in [0.05, 0.1) is 33.8 Å². The van der Waals surface area contributed by atoms with E-state index in [0.717, 1.165) is 77.0 Å². The molecule has 0 heterocycles. The molecule has 3 atom stereocenters. The minimum absolute atomic E-state index is 0.0229. The Kier molecular flexibility index (Phi) is 53.0. The second kappa shape index (κ2) is 55.3. The van der Waals surface area contributed by atoms with Crippen LogP contribution in [0.4, 0.5) is 0 Å². The average molecular weight is 1080 g/mol. The number of likely N-dealkylation sites (N-methyl/N-ethyl adjacent to an activating group) is 1. The molecular weight excluding hydrogens is 964 g/mol. The normalized spacial score (nSPS) is 14.4. The predicted molar refractivity (Wildman–Crippen MR) is 327 cm³/mol. The third-order valence-electron chi connectivity index (χ3n) is 13.3. The summed E-state index contributed by atoms with van der Waals surface area (Å²) in [5.74, 6) is -0.605. The SMILES string of the molecule is CC/C=C/C/C=C/C/C=C/C/C=C/C/C=C/CCC(=O)NC(COP(=O)(O)OCC[N+](C)(C)C)C(/C=C/CCCCCCCCCCCCC)OC(=O)CCCCCCCCCCCCC/C=C\C/C=C\CCCCC. The van der Waals surface area contributed by atoms with Gasteiger partial charge in [-0.2, -0.15) is 0 Å². The van der Waals surface area contributed by atoms with E-state index in [0.29, 0.717) is 17.4 Å². The van der Waals surface area contributed by atoms with Crippen LogP contribution in [0.3, 0.4) is 0 Å². The lowest BCUT2D eigenvalue weighted by Crippen LogP contribution is -2.47. The molecule has 0 saturated carbocycles. The molecule has 0 radical (unpaired) electrons. The fourth-order valence-corrected chi connectivity index (χ4v) is 9.22. The van der Waals surface area contributed by atoms with Gasteiger partial charge in [0.25, 0.3) is 0 Å². The number of rotatable bonds is 55. The number of hydrogen-bond donors (Lipinski definition) is 2. The summed E-state index contributed by atoms with van der Waals surface area (Å²) >= 11 is 0. The summed E-state index contributed by atoms with van der Waals surface area (Å²) in [7, 11) is 1.44. The van der Waals surface area contributed by atoms with Gasteiger partial charge in [0.1, 0.15) is 19.3 Å². The number of carbonyl (C=O) groups is 2. The lowest BCUT2D eigenvalue weighted by molar-refractivity contribution is -0.870. The first kappa shape index (κ1) is 72.9. The van der Waals surface area contributed by atoms with E-state index in [2.05, 4.69) is 105 Å². The second-order valence-corrected chi connectivity index (χ2v) is 23.3. The molecule has 0 aromatic carbocycles. The molecular formula is C66H118N2O7P+. The number of phosphoric ester groups is 1. The molecule has 76 heavy (non-hydrogen) atoms. The zero-order chi connectivity index (χ0) is 55.7. The van der Waals surface area contributed by atoms with Gasteiger partial charge in [0.15, 0.2) is 0 Å². The highest BCUT2D eigenvalue weighted by molar-refractivity contribution is 7.47. The smallest absolute Gasteiger partial charge is 0.456 e. The largest absolute Gasteiger partial charge is 0.472 e. The summed E-state index contributed by atoms with van der Waals surface area (Å²) in [5, 5.41) is 3.00. The molecule has 0 rings (SSSR count). The van der Waals surface area contributed by atoms with Crippen LogP contribution in [-0.4, -0.2) is 74.3 Å². The van der Waals surface area contributed by atoms with Crippen molar-refractivity contribution >= 4 is 19.7 Å². The molecule has 0 spiro atoms. The zero-order valence-electron chi connectivity index (χ0n) is 50.0. The van der Waals surface area contributed by atoms with E-state index in [9.17, 15) is 19.0 Å². The lowest BCUT2D eigenvalue weighted by Gasteiger charge is -2.27. The molecule has 10 heteroatoms. The van der Waals surface area contributed by atoms with Crippen LogP contribution in [0.15, 0.2) is 97.2 Å². The van der Waals surface area contributed by atoms with E-state index < -0.39 is 20.0 Å². The van der Waals surface area contributed by atoms with Crippen molar-refractivity contribution in [2.45, 2.75) is 270 Å². The number of carbonyl (C=O) groups excluding carboxylic acids is 2. The Morgan fingerprint density at radius 1 is 0.474 bits per heavy atom. The van der Waals surface area contributed by atoms with E-state index in [1.807, 2.05) is 39.4 Å². The maximum absolute atomic E-state index is 13.5. The molecule has 1 amide bonds. The maximum Gasteiger partial charge on any atom is 0.472 e. The number of unbranched alkanes of at least 4 members (excludes halogenated alkanes) is 25. The van der Waals surface area contributed by atoms with Crippen molar-refractivity contribution < 1.29 is 37.3 Å². The molecule has 438 valence electrons. The van der Waals surface area contributed by atoms with Crippen molar-refractivity contribution in [3.05, 3.63) is 97.2 Å². The van der Waals surface area contributed by atoms with Gasteiger partial charge in [-0.05, 0) is 96.0 Å². The highest BCUT2D eigenvalue weighted by Gasteiger charge is 2.30. The van der Waals surface area contributed by atoms with Gasteiger partial charge < -0.3 is 19.4 Å². The number of esters is 1. The van der Waals surface area contributed by atoms with Crippen LogP contribution in [0.5, 0.6) is 0 Å². The third-order valence-corrected chi connectivity index (χ3v) is 14.3. The van der Waals surface area contributed by atoms with Gasteiger partial charge in [-0.25, -0.2) is 4.57 Å². The summed E-state index contributed by atoms with van der Waals surface area (Å²) < 4.78 is 30.6. The average Bonchev–Trinajstić information content (AvgIpc) is 3.38. The topological polar surface area (TPSA) is 111 Å². The Morgan fingerprint density at radius 3 is 1.32 bits per heavy atom. The maximum atomic E-state index is 13.5. The van der Waals surface area contributed by atoms with Crippen molar-refractivity contribution in [2.24, 2.45) is 0 Å². The van der Waals surface area contributed by atoms with Gasteiger partial charge >= 0.3 is 13.8 Å². The molecule has 0 aliphatic carbocycles. The van der Waals surface area contributed by atoms with Crippen LogP contribution in [0, 0.1) is 0 Å². The molecule has 0 saturated heterocycles. The first-order valence-electron chi connectivity index (χ1n) is 31.1. The Hall–Kier alpha value is -3.07. The van der Waals surface area contributed by atoms with Crippen molar-refractivity contribution in [1.29, 1.82) is 0 Å². The second-order valence-electron chi connectivity index (χ2n) is 21.8. The Balaban J connectivity index is 5.35. The summed E-state index contributed by atoms with van der Waals surface area (Å²) in [6.07, 6.45) is 74.2. The van der Waals surface area contributed by atoms with Crippen molar-refractivity contribution in [1.82, 2.24) is 5.32 Å². The minimum atomic E-state index is -4.47. The fourth-order valence-electron chi connectivity index (χ4n) is 8.49.